The third kappa shape index (κ3) is 2.96. The van der Waals surface area contributed by atoms with Gasteiger partial charge in [0.15, 0.2) is 0 Å². The van der Waals surface area contributed by atoms with E-state index in [1.807, 2.05) is 36.4 Å². The van der Waals surface area contributed by atoms with Crippen LogP contribution in [0, 0.1) is 0 Å². The summed E-state index contributed by atoms with van der Waals surface area (Å²) in [6, 6.07) is 46.6. The van der Waals surface area contributed by atoms with Crippen LogP contribution in [0.15, 0.2) is 133 Å². The molecule has 8 heteroatoms. The Kier molecular flexibility index (Phi) is 4.45. The smallest absolute Gasteiger partial charge is 0.266 e. The normalized spacial score (nSPS) is 14.9. The van der Waals surface area contributed by atoms with Crippen LogP contribution in [-0.4, -0.2) is 13.4 Å². The largest absolute Gasteiger partial charge is 0.458 e. The SMILES string of the molecule is c1cc(N2c3cccc4c3B3c5c(cccc5Oc5cccc2c53)O4)cc(N2c3cccc4c3B3c5c(cccc5Oc5cccc2c53)O4)c1. The highest BCUT2D eigenvalue weighted by atomic mass is 16.5. The minimum atomic E-state index is 0.0269. The second-order valence-electron chi connectivity index (χ2n) is 13.6. The maximum Gasteiger partial charge on any atom is 0.266 e. The van der Waals surface area contributed by atoms with Gasteiger partial charge in [0.2, 0.25) is 0 Å². The van der Waals surface area contributed by atoms with Crippen molar-refractivity contribution in [1.29, 1.82) is 0 Å². The monoisotopic (exact) mass is 640 g/mol. The third-order valence-electron chi connectivity index (χ3n) is 11.1. The van der Waals surface area contributed by atoms with Gasteiger partial charge < -0.3 is 28.7 Å². The number of ether oxygens (including phenoxy) is 4. The van der Waals surface area contributed by atoms with E-state index in [4.69, 9.17) is 18.9 Å². The topological polar surface area (TPSA) is 43.4 Å². The molecule has 0 N–H and O–H groups in total. The Morgan fingerprint density at radius 3 is 0.880 bits per heavy atom. The Balaban J connectivity index is 1.03. The summed E-state index contributed by atoms with van der Waals surface area (Å²) in [5, 5.41) is 0. The molecule has 0 saturated carbocycles. The number of rotatable bonds is 2. The summed E-state index contributed by atoms with van der Waals surface area (Å²) in [7, 11) is 0. The van der Waals surface area contributed by atoms with Gasteiger partial charge in [-0.25, -0.2) is 0 Å². The van der Waals surface area contributed by atoms with Crippen molar-refractivity contribution in [1.82, 2.24) is 0 Å². The van der Waals surface area contributed by atoms with E-state index in [0.29, 0.717) is 0 Å². The highest BCUT2D eigenvalue weighted by Crippen LogP contribution is 2.48. The lowest BCUT2D eigenvalue weighted by Crippen LogP contribution is -2.61. The van der Waals surface area contributed by atoms with E-state index >= 15 is 0 Å². The summed E-state index contributed by atoms with van der Waals surface area (Å²) in [5.74, 6) is 6.97. The molecule has 0 unspecified atom stereocenters. The number of hydrogen-bond acceptors (Lipinski definition) is 6. The first kappa shape index (κ1) is 25.5. The lowest BCUT2D eigenvalue weighted by atomic mass is 9.33. The van der Waals surface area contributed by atoms with E-state index in [-0.39, 0.29) is 13.4 Å². The summed E-state index contributed by atoms with van der Waals surface area (Å²) >= 11 is 0. The Bertz CT molecular complexity index is 2400. The van der Waals surface area contributed by atoms with Gasteiger partial charge in [0, 0.05) is 45.0 Å². The van der Waals surface area contributed by atoms with Crippen LogP contribution in [0.3, 0.4) is 0 Å². The van der Waals surface area contributed by atoms with Crippen molar-refractivity contribution < 1.29 is 18.9 Å². The molecule has 6 nitrogen and oxygen atoms in total. The first-order valence-electron chi connectivity index (χ1n) is 17.0. The number of anilines is 6. The van der Waals surface area contributed by atoms with Gasteiger partial charge in [0.25, 0.3) is 13.4 Å². The molecule has 0 amide bonds. The Labute approximate surface area is 287 Å². The molecule has 0 aliphatic carbocycles. The summed E-state index contributed by atoms with van der Waals surface area (Å²) < 4.78 is 26.3. The van der Waals surface area contributed by atoms with Crippen LogP contribution in [-0.2, 0) is 0 Å². The van der Waals surface area contributed by atoms with E-state index in [0.717, 1.165) is 91.0 Å². The Hall–Kier alpha value is -6.53. The average molecular weight is 640 g/mol. The molecule has 0 fully saturated rings. The summed E-state index contributed by atoms with van der Waals surface area (Å²) in [5.41, 5.74) is 13.4. The van der Waals surface area contributed by atoms with Gasteiger partial charge in [-0.2, -0.15) is 0 Å². The fourth-order valence-corrected chi connectivity index (χ4v) is 9.33. The van der Waals surface area contributed by atoms with Gasteiger partial charge in [-0.1, -0.05) is 42.5 Å². The standard InChI is InChI=1S/C42H22B2N2O4/c1-8-23(45-25-10-2-14-29-37(25)43-38-26(45)11-3-15-30(38)48-34-19-6-18-33(47-29)41(34)43)22-24(9-1)46-27-12-4-16-31-39(27)44-40-28(46)13-5-17-32(40)50-36-21-7-20-35(49-31)42(36)44/h1-22H. The number of benzene rings is 7. The van der Waals surface area contributed by atoms with Crippen molar-refractivity contribution in [3.8, 4) is 46.0 Å². The van der Waals surface area contributed by atoms with Gasteiger partial charge in [-0.3, -0.25) is 0 Å². The molecule has 6 aliphatic rings. The van der Waals surface area contributed by atoms with Crippen LogP contribution < -0.4 is 61.5 Å². The van der Waals surface area contributed by atoms with Gasteiger partial charge in [-0.05, 0) is 113 Å². The zero-order valence-corrected chi connectivity index (χ0v) is 26.4. The maximum atomic E-state index is 6.57. The molecule has 0 aromatic heterocycles. The van der Waals surface area contributed by atoms with Crippen molar-refractivity contribution in [3.05, 3.63) is 133 Å². The summed E-state index contributed by atoms with van der Waals surface area (Å²) in [4.78, 5) is 4.73. The van der Waals surface area contributed by atoms with Crippen LogP contribution in [0.25, 0.3) is 0 Å². The minimum Gasteiger partial charge on any atom is -0.458 e. The molecule has 13 rings (SSSR count). The molecule has 0 atom stereocenters. The molecule has 7 aromatic carbocycles. The zero-order chi connectivity index (χ0) is 32.2. The molecule has 6 aliphatic heterocycles. The van der Waals surface area contributed by atoms with Crippen molar-refractivity contribution in [2.24, 2.45) is 0 Å². The first-order chi connectivity index (χ1) is 24.8. The highest BCUT2D eigenvalue weighted by Gasteiger charge is 2.49. The lowest BCUT2D eigenvalue weighted by Gasteiger charge is -2.43. The molecule has 0 spiro atoms. The van der Waals surface area contributed by atoms with Gasteiger partial charge in [0.1, 0.15) is 46.0 Å². The first-order valence-corrected chi connectivity index (χ1v) is 17.0. The number of nitrogens with zero attached hydrogens (tertiary/aromatic N) is 2. The second kappa shape index (κ2) is 8.73. The van der Waals surface area contributed by atoms with Crippen molar-refractivity contribution in [2.45, 2.75) is 0 Å². The lowest BCUT2D eigenvalue weighted by molar-refractivity contribution is 0.463. The van der Waals surface area contributed by atoms with E-state index in [9.17, 15) is 0 Å². The second-order valence-corrected chi connectivity index (χ2v) is 13.6. The van der Waals surface area contributed by atoms with Crippen molar-refractivity contribution in [2.75, 3.05) is 9.80 Å². The Morgan fingerprint density at radius 2 is 0.560 bits per heavy atom. The van der Waals surface area contributed by atoms with E-state index < -0.39 is 0 Å². The van der Waals surface area contributed by atoms with Crippen LogP contribution in [0.4, 0.5) is 34.1 Å². The molecule has 6 heterocycles. The maximum absolute atomic E-state index is 6.57. The van der Waals surface area contributed by atoms with Crippen LogP contribution in [0.5, 0.6) is 46.0 Å². The summed E-state index contributed by atoms with van der Waals surface area (Å²) in [6.07, 6.45) is 0. The average Bonchev–Trinajstić information content (AvgIpc) is 3.15. The minimum absolute atomic E-state index is 0.0269. The van der Waals surface area contributed by atoms with Crippen LogP contribution in [0.2, 0.25) is 0 Å². The predicted molar refractivity (Wildman–Crippen MR) is 198 cm³/mol. The van der Waals surface area contributed by atoms with Crippen LogP contribution >= 0.6 is 0 Å². The van der Waals surface area contributed by atoms with Crippen molar-refractivity contribution >= 4 is 80.3 Å². The fourth-order valence-electron chi connectivity index (χ4n) is 9.33. The molecular weight excluding hydrogens is 618 g/mol. The molecule has 50 heavy (non-hydrogen) atoms. The zero-order valence-electron chi connectivity index (χ0n) is 26.4. The van der Waals surface area contributed by atoms with E-state index in [1.54, 1.807) is 0 Å². The van der Waals surface area contributed by atoms with Gasteiger partial charge in [-0.15, -0.1) is 0 Å². The van der Waals surface area contributed by atoms with Crippen LogP contribution in [0.1, 0.15) is 0 Å². The predicted octanol–water partition coefficient (Wildman–Crippen LogP) is 6.71. The van der Waals surface area contributed by atoms with Gasteiger partial charge in [0.05, 0.1) is 0 Å². The van der Waals surface area contributed by atoms with E-state index in [1.165, 1.54) is 21.9 Å². The van der Waals surface area contributed by atoms with E-state index in [2.05, 4.69) is 107 Å². The Morgan fingerprint density at radius 1 is 0.300 bits per heavy atom. The molecular formula is C42H22B2N2O4. The molecule has 0 bridgehead atoms. The van der Waals surface area contributed by atoms with Crippen molar-refractivity contribution in [3.63, 3.8) is 0 Å². The quantitative estimate of drug-likeness (QED) is 0.196. The van der Waals surface area contributed by atoms with Gasteiger partial charge >= 0.3 is 0 Å². The third-order valence-corrected chi connectivity index (χ3v) is 11.1. The molecule has 7 aromatic rings. The fraction of sp³-hybridized carbons (Fsp3) is 0. The molecule has 230 valence electrons. The molecule has 0 saturated heterocycles. The summed E-state index contributed by atoms with van der Waals surface area (Å²) in [6.45, 7) is 0.0537. The highest BCUT2D eigenvalue weighted by molar-refractivity contribution is 7.01. The molecule has 0 radical (unpaired) electrons. The number of hydrogen-bond donors (Lipinski definition) is 0.